The lowest BCUT2D eigenvalue weighted by Crippen LogP contribution is -2.52. The second-order valence-corrected chi connectivity index (χ2v) is 13.1. The number of nitrogens with zero attached hydrogens (tertiary/aromatic N) is 4. The number of nitrogen functional groups attached to an aromatic ring is 1. The number of piperidine rings is 1. The SMILES string of the molecule is CS(=O)(=O)c1ccc(S(=O)(=O)N2CCN(C(=O)C3CCN(Cc4ccnc(N)c4)CC3)CC2)cc1. The summed E-state index contributed by atoms with van der Waals surface area (Å²) >= 11 is 0. The van der Waals surface area contributed by atoms with Crippen molar-refractivity contribution in [2.75, 3.05) is 51.3 Å². The van der Waals surface area contributed by atoms with Crippen LogP contribution < -0.4 is 5.73 Å². The molecule has 2 aliphatic heterocycles. The number of carbonyl (C=O) groups excluding carboxylic acids is 1. The normalized spacial score (nSPS) is 19.1. The summed E-state index contributed by atoms with van der Waals surface area (Å²) in [4.78, 5) is 21.3. The molecule has 0 unspecified atom stereocenters. The summed E-state index contributed by atoms with van der Waals surface area (Å²) in [6.07, 6.45) is 4.31. The Kier molecular flexibility index (Phi) is 7.46. The first kappa shape index (κ1) is 25.5. The quantitative estimate of drug-likeness (QED) is 0.590. The van der Waals surface area contributed by atoms with Crippen LogP contribution >= 0.6 is 0 Å². The van der Waals surface area contributed by atoms with E-state index in [2.05, 4.69) is 9.88 Å². The molecular weight excluding hydrogens is 490 g/mol. The number of sulfone groups is 1. The fraction of sp³-hybridized carbons (Fsp3) is 0.478. The molecule has 0 atom stereocenters. The maximum Gasteiger partial charge on any atom is 0.243 e. The number of hydrogen-bond donors (Lipinski definition) is 1. The van der Waals surface area contributed by atoms with Crippen LogP contribution in [0.4, 0.5) is 5.82 Å². The lowest BCUT2D eigenvalue weighted by molar-refractivity contribution is -0.138. The summed E-state index contributed by atoms with van der Waals surface area (Å²) in [6.45, 7) is 3.52. The lowest BCUT2D eigenvalue weighted by Gasteiger charge is -2.38. The van der Waals surface area contributed by atoms with Crippen molar-refractivity contribution in [3.63, 3.8) is 0 Å². The summed E-state index contributed by atoms with van der Waals surface area (Å²) in [5.74, 6) is 0.535. The number of sulfonamides is 1. The topological polar surface area (TPSA) is 134 Å². The van der Waals surface area contributed by atoms with E-state index in [1.54, 1.807) is 11.1 Å². The van der Waals surface area contributed by atoms with Crippen molar-refractivity contribution < 1.29 is 21.6 Å². The van der Waals surface area contributed by atoms with E-state index in [4.69, 9.17) is 5.73 Å². The molecule has 0 bridgehead atoms. The average molecular weight is 522 g/mol. The van der Waals surface area contributed by atoms with Crippen molar-refractivity contribution in [3.05, 3.63) is 48.2 Å². The second kappa shape index (κ2) is 10.2. The third-order valence-corrected chi connectivity index (χ3v) is 9.67. The minimum absolute atomic E-state index is 0.0491. The Balaban J connectivity index is 1.29. The van der Waals surface area contributed by atoms with Gasteiger partial charge in [0.1, 0.15) is 5.82 Å². The Morgan fingerprint density at radius 3 is 2.11 bits per heavy atom. The van der Waals surface area contributed by atoms with Crippen LogP contribution in [0.2, 0.25) is 0 Å². The number of pyridine rings is 1. The van der Waals surface area contributed by atoms with Gasteiger partial charge in [0.2, 0.25) is 15.9 Å². The average Bonchev–Trinajstić information content (AvgIpc) is 2.84. The van der Waals surface area contributed by atoms with Gasteiger partial charge in [-0.2, -0.15) is 4.31 Å². The minimum Gasteiger partial charge on any atom is -0.384 e. The maximum atomic E-state index is 13.1. The van der Waals surface area contributed by atoms with Gasteiger partial charge in [-0.25, -0.2) is 21.8 Å². The van der Waals surface area contributed by atoms with Crippen LogP contribution in [0.5, 0.6) is 0 Å². The standard InChI is InChI=1S/C23H31N5O5S2/c1-34(30,31)20-2-4-21(5-3-20)35(32,33)28-14-12-27(13-15-28)23(29)19-7-10-26(11-8-19)17-18-6-9-25-22(24)16-18/h2-6,9,16,19H,7-8,10-15,17H2,1H3,(H2,24,25). The van der Waals surface area contributed by atoms with E-state index in [1.807, 2.05) is 12.1 Å². The number of piperazine rings is 1. The Morgan fingerprint density at radius 1 is 0.943 bits per heavy atom. The highest BCUT2D eigenvalue weighted by Crippen LogP contribution is 2.24. The molecule has 10 nitrogen and oxygen atoms in total. The summed E-state index contributed by atoms with van der Waals surface area (Å²) < 4.78 is 50.6. The van der Waals surface area contributed by atoms with Gasteiger partial charge in [0.25, 0.3) is 0 Å². The summed E-state index contributed by atoms with van der Waals surface area (Å²) in [5, 5.41) is 0. The Hall–Kier alpha value is -2.54. The van der Waals surface area contributed by atoms with Gasteiger partial charge in [0, 0.05) is 51.1 Å². The number of hydrogen-bond acceptors (Lipinski definition) is 8. The molecule has 0 saturated carbocycles. The van der Waals surface area contributed by atoms with Crippen LogP contribution in [0.3, 0.4) is 0 Å². The molecule has 1 aromatic carbocycles. The minimum atomic E-state index is -3.76. The monoisotopic (exact) mass is 521 g/mol. The number of benzene rings is 1. The summed E-state index contributed by atoms with van der Waals surface area (Å²) in [7, 11) is -7.16. The first-order valence-corrected chi connectivity index (χ1v) is 14.9. The van der Waals surface area contributed by atoms with Crippen molar-refractivity contribution in [1.82, 2.24) is 19.1 Å². The number of rotatable bonds is 6. The third kappa shape index (κ3) is 6.00. The Bertz CT molecular complexity index is 1270. The van der Waals surface area contributed by atoms with Gasteiger partial charge in [0.05, 0.1) is 9.79 Å². The maximum absolute atomic E-state index is 13.1. The molecular formula is C23H31N5O5S2. The van der Waals surface area contributed by atoms with Gasteiger partial charge in [-0.3, -0.25) is 9.69 Å². The summed E-state index contributed by atoms with van der Waals surface area (Å²) in [6, 6.07) is 9.05. The van der Waals surface area contributed by atoms with Crippen molar-refractivity contribution in [1.29, 1.82) is 0 Å². The molecule has 2 aliphatic rings. The molecule has 2 N–H and O–H groups in total. The molecule has 2 saturated heterocycles. The largest absolute Gasteiger partial charge is 0.384 e. The number of nitrogens with two attached hydrogens (primary N) is 1. The Labute approximate surface area is 206 Å². The molecule has 3 heterocycles. The zero-order valence-electron chi connectivity index (χ0n) is 19.7. The molecule has 0 spiro atoms. The number of anilines is 1. The van der Waals surface area contributed by atoms with Gasteiger partial charge in [-0.05, 0) is 67.9 Å². The van der Waals surface area contributed by atoms with E-state index >= 15 is 0 Å². The molecule has 2 aromatic rings. The van der Waals surface area contributed by atoms with Crippen LogP contribution in [0, 0.1) is 5.92 Å². The lowest BCUT2D eigenvalue weighted by atomic mass is 9.94. The highest BCUT2D eigenvalue weighted by atomic mass is 32.2. The van der Waals surface area contributed by atoms with Crippen LogP contribution in [0.25, 0.3) is 0 Å². The van der Waals surface area contributed by atoms with E-state index in [1.165, 1.54) is 28.6 Å². The first-order valence-electron chi connectivity index (χ1n) is 11.6. The highest BCUT2D eigenvalue weighted by Gasteiger charge is 2.34. The van der Waals surface area contributed by atoms with Gasteiger partial charge >= 0.3 is 0 Å². The van der Waals surface area contributed by atoms with Crippen LogP contribution in [-0.2, 0) is 31.2 Å². The van der Waals surface area contributed by atoms with Crippen molar-refractivity contribution in [2.24, 2.45) is 5.92 Å². The first-order chi connectivity index (χ1) is 16.5. The van der Waals surface area contributed by atoms with E-state index in [0.29, 0.717) is 18.9 Å². The molecule has 2 fully saturated rings. The van der Waals surface area contributed by atoms with Gasteiger partial charge in [0.15, 0.2) is 9.84 Å². The predicted molar refractivity (Wildman–Crippen MR) is 132 cm³/mol. The van der Waals surface area contributed by atoms with Crippen molar-refractivity contribution in [3.8, 4) is 0 Å². The second-order valence-electron chi connectivity index (χ2n) is 9.11. The van der Waals surface area contributed by atoms with E-state index in [0.717, 1.165) is 44.3 Å². The summed E-state index contributed by atoms with van der Waals surface area (Å²) in [5.41, 5.74) is 6.86. The smallest absolute Gasteiger partial charge is 0.243 e. The number of likely N-dealkylation sites (tertiary alicyclic amines) is 1. The van der Waals surface area contributed by atoms with Crippen LogP contribution in [-0.4, -0.2) is 87.4 Å². The van der Waals surface area contributed by atoms with Crippen molar-refractivity contribution >= 4 is 31.6 Å². The zero-order valence-corrected chi connectivity index (χ0v) is 21.3. The molecule has 1 amide bonds. The third-order valence-electron chi connectivity index (χ3n) is 6.63. The van der Waals surface area contributed by atoms with Crippen LogP contribution in [0.15, 0.2) is 52.4 Å². The molecule has 0 aliphatic carbocycles. The zero-order chi connectivity index (χ0) is 25.2. The molecule has 190 valence electrons. The highest BCUT2D eigenvalue weighted by molar-refractivity contribution is 7.90. The fourth-order valence-electron chi connectivity index (χ4n) is 4.60. The fourth-order valence-corrected chi connectivity index (χ4v) is 6.66. The van der Waals surface area contributed by atoms with Crippen molar-refractivity contribution in [2.45, 2.75) is 29.2 Å². The molecule has 12 heteroatoms. The number of aromatic nitrogens is 1. The number of carbonyl (C=O) groups is 1. The van der Waals surface area contributed by atoms with Crippen LogP contribution in [0.1, 0.15) is 18.4 Å². The van der Waals surface area contributed by atoms with E-state index in [-0.39, 0.29) is 34.7 Å². The van der Waals surface area contributed by atoms with E-state index in [9.17, 15) is 21.6 Å². The molecule has 4 rings (SSSR count). The Morgan fingerprint density at radius 2 is 1.54 bits per heavy atom. The molecule has 1 aromatic heterocycles. The molecule has 0 radical (unpaired) electrons. The molecule has 35 heavy (non-hydrogen) atoms. The van der Waals surface area contributed by atoms with Gasteiger partial charge in [-0.1, -0.05) is 0 Å². The van der Waals surface area contributed by atoms with Gasteiger partial charge < -0.3 is 10.6 Å². The predicted octanol–water partition coefficient (Wildman–Crippen LogP) is 0.812. The number of amides is 1. The van der Waals surface area contributed by atoms with Gasteiger partial charge in [-0.15, -0.1) is 0 Å². The van der Waals surface area contributed by atoms with E-state index < -0.39 is 19.9 Å².